The highest BCUT2D eigenvalue weighted by molar-refractivity contribution is 5.77. The molecule has 0 atom stereocenters. The monoisotopic (exact) mass is 297 g/mol. The van der Waals surface area contributed by atoms with Crippen LogP contribution in [0.25, 0.3) is 0 Å². The molecule has 6 nitrogen and oxygen atoms in total. The molecule has 0 spiro atoms. The first kappa shape index (κ1) is 17.1. The van der Waals surface area contributed by atoms with Crippen LogP contribution in [0.1, 0.15) is 19.4 Å². The Hall–Kier alpha value is -1.95. The Morgan fingerprint density at radius 2 is 1.62 bits per heavy atom. The number of hydrogen-bond donors (Lipinski definition) is 1. The Kier molecular flexibility index (Phi) is 5.43. The largest absolute Gasteiger partial charge is 0.496 e. The molecule has 0 aromatic heterocycles. The summed E-state index contributed by atoms with van der Waals surface area (Å²) in [5, 5.41) is 9.30. The molecule has 0 radical (unpaired) electrons. The number of carboxylic acid groups (broad SMARTS) is 1. The molecule has 0 heterocycles. The fraction of sp³-hybridized carbons (Fsp3) is 0.533. The summed E-state index contributed by atoms with van der Waals surface area (Å²) >= 11 is 0. The number of nitrogens with zero attached hydrogens (tertiary/aromatic N) is 1. The van der Waals surface area contributed by atoms with Gasteiger partial charge in [0.15, 0.2) is 0 Å². The minimum atomic E-state index is -1.00. The van der Waals surface area contributed by atoms with Crippen molar-refractivity contribution in [2.45, 2.75) is 25.9 Å². The van der Waals surface area contributed by atoms with E-state index >= 15 is 0 Å². The zero-order chi connectivity index (χ0) is 16.2. The number of carbonyl (C=O) groups is 1. The lowest BCUT2D eigenvalue weighted by Gasteiger charge is -2.32. The number of rotatable bonds is 7. The predicted molar refractivity (Wildman–Crippen MR) is 79.3 cm³/mol. The van der Waals surface area contributed by atoms with Crippen LogP contribution >= 0.6 is 0 Å². The standard InChI is InChI=1S/C15H23NO5/c1-15(2,14(17)18)16(3)9-11-12(20-5)7-10(19-4)8-13(11)21-6/h7-8H,9H2,1-6H3,(H,17,18). The Bertz CT molecular complexity index is 488. The average Bonchev–Trinajstić information content (AvgIpc) is 2.46. The first-order valence-electron chi connectivity index (χ1n) is 6.51. The van der Waals surface area contributed by atoms with Gasteiger partial charge in [0, 0.05) is 18.7 Å². The zero-order valence-electron chi connectivity index (χ0n) is 13.4. The average molecular weight is 297 g/mol. The molecule has 118 valence electrons. The lowest BCUT2D eigenvalue weighted by molar-refractivity contribution is -0.148. The van der Waals surface area contributed by atoms with E-state index in [0.29, 0.717) is 23.8 Å². The zero-order valence-corrected chi connectivity index (χ0v) is 13.4. The van der Waals surface area contributed by atoms with Gasteiger partial charge in [-0.1, -0.05) is 0 Å². The molecule has 0 aliphatic rings. The van der Waals surface area contributed by atoms with Crippen LogP contribution in [0.15, 0.2) is 12.1 Å². The SMILES string of the molecule is COc1cc(OC)c(CN(C)C(C)(C)C(=O)O)c(OC)c1. The van der Waals surface area contributed by atoms with Gasteiger partial charge in [0.1, 0.15) is 22.8 Å². The van der Waals surface area contributed by atoms with Gasteiger partial charge in [-0.15, -0.1) is 0 Å². The molecule has 0 aliphatic carbocycles. The molecule has 0 aliphatic heterocycles. The van der Waals surface area contributed by atoms with Crippen LogP contribution < -0.4 is 14.2 Å². The maximum Gasteiger partial charge on any atom is 0.323 e. The Morgan fingerprint density at radius 3 is 1.95 bits per heavy atom. The lowest BCUT2D eigenvalue weighted by atomic mass is 10.0. The maximum absolute atomic E-state index is 11.3. The third-order valence-electron chi connectivity index (χ3n) is 3.69. The van der Waals surface area contributed by atoms with Gasteiger partial charge in [-0.3, -0.25) is 9.69 Å². The van der Waals surface area contributed by atoms with Crippen LogP contribution in [0.4, 0.5) is 0 Å². The third-order valence-corrected chi connectivity index (χ3v) is 3.69. The van der Waals surface area contributed by atoms with Crippen LogP contribution in [0, 0.1) is 0 Å². The number of carboxylic acids is 1. The van der Waals surface area contributed by atoms with Gasteiger partial charge in [-0.05, 0) is 20.9 Å². The first-order valence-corrected chi connectivity index (χ1v) is 6.51. The normalized spacial score (nSPS) is 11.4. The molecule has 0 saturated carbocycles. The molecule has 1 N–H and O–H groups in total. The van der Waals surface area contributed by atoms with Crippen LogP contribution in [0.2, 0.25) is 0 Å². The lowest BCUT2D eigenvalue weighted by Crippen LogP contribution is -2.47. The fourth-order valence-electron chi connectivity index (χ4n) is 1.83. The Labute approximate surface area is 125 Å². The summed E-state index contributed by atoms with van der Waals surface area (Å²) < 4.78 is 15.9. The van der Waals surface area contributed by atoms with Gasteiger partial charge < -0.3 is 19.3 Å². The van der Waals surface area contributed by atoms with E-state index in [4.69, 9.17) is 14.2 Å². The first-order chi connectivity index (χ1) is 9.77. The number of benzene rings is 1. The molecule has 1 aromatic rings. The van der Waals surface area contributed by atoms with E-state index in [2.05, 4.69) is 0 Å². The summed E-state index contributed by atoms with van der Waals surface area (Å²) in [6, 6.07) is 3.50. The molecule has 0 amide bonds. The van der Waals surface area contributed by atoms with Gasteiger partial charge in [0.05, 0.1) is 26.9 Å². The third kappa shape index (κ3) is 3.58. The summed E-state index contributed by atoms with van der Waals surface area (Å²) in [6.07, 6.45) is 0. The number of hydrogen-bond acceptors (Lipinski definition) is 5. The Morgan fingerprint density at radius 1 is 1.14 bits per heavy atom. The topological polar surface area (TPSA) is 68.2 Å². The molecule has 1 rings (SSSR count). The quantitative estimate of drug-likeness (QED) is 0.830. The summed E-state index contributed by atoms with van der Waals surface area (Å²) in [6.45, 7) is 3.67. The predicted octanol–water partition coefficient (Wildman–Crippen LogP) is 2.01. The van der Waals surface area contributed by atoms with E-state index in [1.807, 2.05) is 0 Å². The maximum atomic E-state index is 11.3. The van der Waals surface area contributed by atoms with Crippen LogP contribution in [0.5, 0.6) is 17.2 Å². The van der Waals surface area contributed by atoms with E-state index in [1.165, 1.54) is 0 Å². The molecule has 0 bridgehead atoms. The molecule has 0 fully saturated rings. The van der Waals surface area contributed by atoms with Gasteiger partial charge >= 0.3 is 5.97 Å². The fourth-order valence-corrected chi connectivity index (χ4v) is 1.83. The van der Waals surface area contributed by atoms with E-state index in [1.54, 1.807) is 59.3 Å². The van der Waals surface area contributed by atoms with Crippen molar-refractivity contribution in [3.8, 4) is 17.2 Å². The highest BCUT2D eigenvalue weighted by Crippen LogP contribution is 2.35. The van der Waals surface area contributed by atoms with Crippen molar-refractivity contribution in [2.75, 3.05) is 28.4 Å². The molecular formula is C15H23NO5. The van der Waals surface area contributed by atoms with E-state index in [-0.39, 0.29) is 0 Å². The molecule has 6 heteroatoms. The highest BCUT2D eigenvalue weighted by atomic mass is 16.5. The highest BCUT2D eigenvalue weighted by Gasteiger charge is 2.33. The van der Waals surface area contributed by atoms with Crippen molar-refractivity contribution in [3.63, 3.8) is 0 Å². The summed E-state index contributed by atoms with van der Waals surface area (Å²) in [5.74, 6) is 0.919. The van der Waals surface area contributed by atoms with E-state index < -0.39 is 11.5 Å². The molecule has 21 heavy (non-hydrogen) atoms. The second kappa shape index (κ2) is 6.67. The van der Waals surface area contributed by atoms with Gasteiger partial charge in [-0.25, -0.2) is 0 Å². The number of ether oxygens (including phenoxy) is 3. The van der Waals surface area contributed by atoms with Crippen LogP contribution in [-0.2, 0) is 11.3 Å². The molecule has 1 aromatic carbocycles. The van der Waals surface area contributed by atoms with Gasteiger partial charge in [0.25, 0.3) is 0 Å². The van der Waals surface area contributed by atoms with Crippen molar-refractivity contribution in [2.24, 2.45) is 0 Å². The minimum absolute atomic E-state index is 0.371. The van der Waals surface area contributed by atoms with E-state index in [9.17, 15) is 9.90 Å². The van der Waals surface area contributed by atoms with Crippen molar-refractivity contribution in [1.29, 1.82) is 0 Å². The van der Waals surface area contributed by atoms with Crippen molar-refractivity contribution < 1.29 is 24.1 Å². The smallest absolute Gasteiger partial charge is 0.323 e. The summed E-state index contributed by atoms with van der Waals surface area (Å²) in [7, 11) is 6.42. The summed E-state index contributed by atoms with van der Waals surface area (Å²) in [4.78, 5) is 13.1. The van der Waals surface area contributed by atoms with Crippen LogP contribution in [-0.4, -0.2) is 49.9 Å². The second-order valence-corrected chi connectivity index (χ2v) is 5.23. The molecular weight excluding hydrogens is 274 g/mol. The number of methoxy groups -OCH3 is 3. The molecule has 0 unspecified atom stereocenters. The van der Waals surface area contributed by atoms with Crippen LogP contribution in [0.3, 0.4) is 0 Å². The van der Waals surface area contributed by atoms with Crippen molar-refractivity contribution >= 4 is 5.97 Å². The number of likely N-dealkylation sites (N-methyl/N-ethyl adjacent to an activating group) is 1. The van der Waals surface area contributed by atoms with Gasteiger partial charge in [0.2, 0.25) is 0 Å². The molecule has 0 saturated heterocycles. The Balaban J connectivity index is 3.20. The van der Waals surface area contributed by atoms with Crippen molar-refractivity contribution in [1.82, 2.24) is 4.90 Å². The van der Waals surface area contributed by atoms with Crippen molar-refractivity contribution in [3.05, 3.63) is 17.7 Å². The minimum Gasteiger partial charge on any atom is -0.496 e. The van der Waals surface area contributed by atoms with E-state index in [0.717, 1.165) is 5.56 Å². The summed E-state index contributed by atoms with van der Waals surface area (Å²) in [5.41, 5.74) is -0.228. The van der Waals surface area contributed by atoms with Gasteiger partial charge in [-0.2, -0.15) is 0 Å². The number of aliphatic carboxylic acids is 1. The second-order valence-electron chi connectivity index (χ2n) is 5.23.